The van der Waals surface area contributed by atoms with Crippen molar-refractivity contribution in [1.82, 2.24) is 9.88 Å². The molecule has 4 nitrogen and oxygen atoms in total. The fraction of sp³-hybridized carbons (Fsp3) is 0.455. The summed E-state index contributed by atoms with van der Waals surface area (Å²) in [7, 11) is 0. The van der Waals surface area contributed by atoms with Crippen LogP contribution in [0.3, 0.4) is 0 Å². The summed E-state index contributed by atoms with van der Waals surface area (Å²) in [4.78, 5) is 17.8. The highest BCUT2D eigenvalue weighted by Gasteiger charge is 2.07. The van der Waals surface area contributed by atoms with Crippen molar-refractivity contribution in [1.29, 1.82) is 0 Å². The average Bonchev–Trinajstić information content (AvgIpc) is 2.26. The molecule has 16 heavy (non-hydrogen) atoms. The molecular weight excluding hydrogens is 222 g/mol. The third-order valence-corrected chi connectivity index (χ3v) is 2.57. The standard InChI is InChI=1S/C11H17N3OS/c1-3-14(8-16)7-11(15)13-10-6-4-5-9(2)12-10/h4-6,16H,3,7-8H2,1-2H3,(H,12,13,15). The van der Waals surface area contributed by atoms with E-state index in [0.29, 0.717) is 18.2 Å². The fourth-order valence-corrected chi connectivity index (χ4v) is 1.56. The first-order valence-electron chi connectivity index (χ1n) is 5.22. The number of amides is 1. The minimum absolute atomic E-state index is 0.0611. The molecule has 0 saturated carbocycles. The van der Waals surface area contributed by atoms with E-state index in [1.54, 1.807) is 6.07 Å². The average molecular weight is 239 g/mol. The van der Waals surface area contributed by atoms with Crippen LogP contribution in [-0.2, 0) is 4.79 Å². The maximum absolute atomic E-state index is 11.6. The van der Waals surface area contributed by atoms with E-state index in [2.05, 4.69) is 22.9 Å². The van der Waals surface area contributed by atoms with Gasteiger partial charge in [0, 0.05) is 11.6 Å². The van der Waals surface area contributed by atoms with E-state index in [-0.39, 0.29) is 5.91 Å². The van der Waals surface area contributed by atoms with E-state index >= 15 is 0 Å². The van der Waals surface area contributed by atoms with Gasteiger partial charge in [-0.25, -0.2) is 4.98 Å². The van der Waals surface area contributed by atoms with Crippen LogP contribution in [0.2, 0.25) is 0 Å². The number of aryl methyl sites for hydroxylation is 1. The van der Waals surface area contributed by atoms with Gasteiger partial charge >= 0.3 is 0 Å². The topological polar surface area (TPSA) is 45.2 Å². The van der Waals surface area contributed by atoms with E-state index < -0.39 is 0 Å². The van der Waals surface area contributed by atoms with E-state index in [1.807, 2.05) is 30.9 Å². The highest BCUT2D eigenvalue weighted by molar-refractivity contribution is 7.80. The zero-order valence-electron chi connectivity index (χ0n) is 9.60. The molecule has 0 radical (unpaired) electrons. The van der Waals surface area contributed by atoms with Crippen LogP contribution in [0.15, 0.2) is 18.2 Å². The first kappa shape index (κ1) is 13.0. The molecule has 1 aromatic heterocycles. The Bertz CT molecular complexity index is 353. The van der Waals surface area contributed by atoms with Gasteiger partial charge in [-0.1, -0.05) is 13.0 Å². The highest BCUT2D eigenvalue weighted by atomic mass is 32.1. The molecule has 88 valence electrons. The van der Waals surface area contributed by atoms with Crippen LogP contribution >= 0.6 is 12.6 Å². The smallest absolute Gasteiger partial charge is 0.239 e. The lowest BCUT2D eigenvalue weighted by Gasteiger charge is -2.16. The van der Waals surface area contributed by atoms with E-state index in [9.17, 15) is 4.79 Å². The fourth-order valence-electron chi connectivity index (χ4n) is 1.26. The molecule has 0 saturated heterocycles. The molecule has 0 aliphatic carbocycles. The van der Waals surface area contributed by atoms with Crippen molar-refractivity contribution in [2.24, 2.45) is 0 Å². The zero-order valence-corrected chi connectivity index (χ0v) is 10.5. The molecular formula is C11H17N3OS. The van der Waals surface area contributed by atoms with Crippen LogP contribution in [0.1, 0.15) is 12.6 Å². The van der Waals surface area contributed by atoms with Crippen molar-refractivity contribution in [3.63, 3.8) is 0 Å². The predicted molar refractivity (Wildman–Crippen MR) is 68.7 cm³/mol. The molecule has 0 aliphatic heterocycles. The Morgan fingerprint density at radius 3 is 2.88 bits per heavy atom. The van der Waals surface area contributed by atoms with Crippen molar-refractivity contribution in [3.05, 3.63) is 23.9 Å². The highest BCUT2D eigenvalue weighted by Crippen LogP contribution is 2.03. The minimum atomic E-state index is -0.0611. The summed E-state index contributed by atoms with van der Waals surface area (Å²) in [6.07, 6.45) is 0. The number of anilines is 1. The molecule has 0 atom stereocenters. The summed E-state index contributed by atoms with van der Waals surface area (Å²) in [6.45, 7) is 5.03. The van der Waals surface area contributed by atoms with Crippen molar-refractivity contribution in [2.75, 3.05) is 24.3 Å². The van der Waals surface area contributed by atoms with Gasteiger partial charge in [-0.15, -0.1) is 0 Å². The van der Waals surface area contributed by atoms with Crippen molar-refractivity contribution < 1.29 is 4.79 Å². The minimum Gasteiger partial charge on any atom is -0.310 e. The molecule has 1 rings (SSSR count). The summed E-state index contributed by atoms with van der Waals surface area (Å²) < 4.78 is 0. The number of likely N-dealkylation sites (N-methyl/N-ethyl adjacent to an activating group) is 1. The maximum atomic E-state index is 11.6. The quantitative estimate of drug-likeness (QED) is 0.605. The van der Waals surface area contributed by atoms with Gasteiger partial charge in [0.25, 0.3) is 0 Å². The number of carbonyl (C=O) groups excluding carboxylic acids is 1. The van der Waals surface area contributed by atoms with Gasteiger partial charge in [0.1, 0.15) is 5.82 Å². The number of nitrogens with zero attached hydrogens (tertiary/aromatic N) is 2. The normalized spacial score (nSPS) is 10.5. The second kappa shape index (κ2) is 6.50. The zero-order chi connectivity index (χ0) is 12.0. The molecule has 0 unspecified atom stereocenters. The van der Waals surface area contributed by atoms with E-state index in [0.717, 1.165) is 12.2 Å². The molecule has 1 amide bonds. The molecule has 0 aromatic carbocycles. The number of nitrogens with one attached hydrogen (secondary N) is 1. The van der Waals surface area contributed by atoms with Crippen LogP contribution in [-0.4, -0.2) is 34.8 Å². The van der Waals surface area contributed by atoms with Crippen LogP contribution in [0.4, 0.5) is 5.82 Å². The maximum Gasteiger partial charge on any atom is 0.239 e. The van der Waals surface area contributed by atoms with Crippen LogP contribution < -0.4 is 5.32 Å². The monoisotopic (exact) mass is 239 g/mol. The van der Waals surface area contributed by atoms with Crippen molar-refractivity contribution >= 4 is 24.4 Å². The molecule has 1 heterocycles. The second-order valence-corrected chi connectivity index (χ2v) is 3.78. The van der Waals surface area contributed by atoms with Crippen molar-refractivity contribution in [3.8, 4) is 0 Å². The summed E-state index contributed by atoms with van der Waals surface area (Å²) in [5.41, 5.74) is 0.888. The lowest BCUT2D eigenvalue weighted by molar-refractivity contribution is -0.117. The third kappa shape index (κ3) is 4.20. The largest absolute Gasteiger partial charge is 0.310 e. The van der Waals surface area contributed by atoms with Crippen LogP contribution in [0.25, 0.3) is 0 Å². The van der Waals surface area contributed by atoms with Gasteiger partial charge in [0.05, 0.1) is 6.54 Å². The van der Waals surface area contributed by atoms with Gasteiger partial charge in [-0.2, -0.15) is 12.6 Å². The molecule has 1 aromatic rings. The first-order chi connectivity index (χ1) is 7.65. The number of hydrogen-bond acceptors (Lipinski definition) is 4. The van der Waals surface area contributed by atoms with Gasteiger partial charge in [0.15, 0.2) is 0 Å². The Labute approximate surface area is 101 Å². The van der Waals surface area contributed by atoms with Gasteiger partial charge in [-0.3, -0.25) is 9.69 Å². The Morgan fingerprint density at radius 1 is 1.56 bits per heavy atom. The number of hydrogen-bond donors (Lipinski definition) is 2. The SMILES string of the molecule is CCN(CS)CC(=O)Nc1cccc(C)n1. The molecule has 0 fully saturated rings. The first-order valence-corrected chi connectivity index (χ1v) is 5.85. The summed E-state index contributed by atoms with van der Waals surface area (Å²) in [6, 6.07) is 5.54. The molecule has 5 heteroatoms. The summed E-state index contributed by atoms with van der Waals surface area (Å²) >= 11 is 4.14. The number of aromatic nitrogens is 1. The number of pyridine rings is 1. The number of thiol groups is 1. The van der Waals surface area contributed by atoms with Gasteiger partial charge in [-0.05, 0) is 25.6 Å². The number of rotatable bonds is 5. The third-order valence-electron chi connectivity index (χ3n) is 2.17. The predicted octanol–water partition coefficient (Wildman–Crippen LogP) is 1.54. The summed E-state index contributed by atoms with van der Waals surface area (Å²) in [5.74, 6) is 1.11. The summed E-state index contributed by atoms with van der Waals surface area (Å²) in [5, 5.41) is 2.76. The Kier molecular flexibility index (Phi) is 5.28. The Balaban J connectivity index is 2.51. The van der Waals surface area contributed by atoms with E-state index in [1.165, 1.54) is 0 Å². The molecule has 0 bridgehead atoms. The van der Waals surface area contributed by atoms with Crippen molar-refractivity contribution in [2.45, 2.75) is 13.8 Å². The van der Waals surface area contributed by atoms with Crippen LogP contribution in [0, 0.1) is 6.92 Å². The van der Waals surface area contributed by atoms with Gasteiger partial charge in [0.2, 0.25) is 5.91 Å². The lowest BCUT2D eigenvalue weighted by atomic mass is 10.3. The van der Waals surface area contributed by atoms with Crippen LogP contribution in [0.5, 0.6) is 0 Å². The Hall–Kier alpha value is -1.07. The number of carbonyl (C=O) groups is 1. The molecule has 0 aliphatic rings. The molecule has 1 N–H and O–H groups in total. The van der Waals surface area contributed by atoms with E-state index in [4.69, 9.17) is 0 Å². The molecule has 0 spiro atoms. The Morgan fingerprint density at radius 2 is 2.31 bits per heavy atom. The van der Waals surface area contributed by atoms with Gasteiger partial charge < -0.3 is 5.32 Å². The lowest BCUT2D eigenvalue weighted by Crippen LogP contribution is -2.32. The second-order valence-electron chi connectivity index (χ2n) is 3.50.